The fourth-order valence-corrected chi connectivity index (χ4v) is 7.85. The van der Waals surface area contributed by atoms with E-state index in [2.05, 4.69) is 179 Å². The summed E-state index contributed by atoms with van der Waals surface area (Å²) in [6, 6.07) is 60.8. The highest BCUT2D eigenvalue weighted by Gasteiger charge is 2.20. The van der Waals surface area contributed by atoms with Gasteiger partial charge in [0, 0.05) is 50.4 Å². The molecule has 0 radical (unpaired) electrons. The van der Waals surface area contributed by atoms with Crippen molar-refractivity contribution in [1.82, 2.24) is 4.57 Å². The molecule has 0 saturated heterocycles. The number of furan rings is 1. The first-order valence-electron chi connectivity index (χ1n) is 17.6. The molecule has 2 aromatic heterocycles. The number of nitrogens with zero attached hydrogens (tertiary/aromatic N) is 2. The number of hydrogen-bond donors (Lipinski definition) is 0. The molecule has 3 heteroatoms. The SMILES string of the molecule is C1=C(c2ccc(-n3c4ccccc4c4ccccc43)cc2)CCC(N(c2ccc(-c3ccccc3)cc2)c2ccc3c(c2)oc2ccccc23)=C1. The summed E-state index contributed by atoms with van der Waals surface area (Å²) in [4.78, 5) is 2.39. The maximum absolute atomic E-state index is 6.34. The van der Waals surface area contributed by atoms with Crippen LogP contribution in [0.5, 0.6) is 0 Å². The van der Waals surface area contributed by atoms with Crippen LogP contribution in [0.25, 0.3) is 66.1 Å². The first-order chi connectivity index (χ1) is 25.3. The Labute approximate surface area is 296 Å². The van der Waals surface area contributed by atoms with E-state index in [9.17, 15) is 0 Å². The Bertz CT molecular complexity index is 2730. The minimum atomic E-state index is 0.899. The molecule has 0 atom stereocenters. The van der Waals surface area contributed by atoms with Gasteiger partial charge in [0.1, 0.15) is 11.2 Å². The molecule has 0 N–H and O–H groups in total. The van der Waals surface area contributed by atoms with Crippen LogP contribution in [0.4, 0.5) is 11.4 Å². The largest absolute Gasteiger partial charge is 0.456 e. The molecule has 51 heavy (non-hydrogen) atoms. The van der Waals surface area contributed by atoms with Gasteiger partial charge in [0.05, 0.1) is 11.0 Å². The summed E-state index contributed by atoms with van der Waals surface area (Å²) in [6.45, 7) is 0. The molecule has 0 spiro atoms. The molecule has 0 bridgehead atoms. The third-order valence-corrected chi connectivity index (χ3v) is 10.3. The van der Waals surface area contributed by atoms with E-state index in [1.807, 2.05) is 12.1 Å². The molecule has 10 rings (SSSR count). The Kier molecular flexibility index (Phi) is 6.95. The summed E-state index contributed by atoms with van der Waals surface area (Å²) < 4.78 is 8.72. The predicted molar refractivity (Wildman–Crippen MR) is 214 cm³/mol. The maximum atomic E-state index is 6.34. The molecule has 0 amide bonds. The summed E-state index contributed by atoms with van der Waals surface area (Å²) in [5.74, 6) is 0. The Morgan fingerprint density at radius 1 is 0.431 bits per heavy atom. The Hall–Kier alpha value is -6.58. The van der Waals surface area contributed by atoms with Crippen molar-refractivity contribution < 1.29 is 4.42 Å². The summed E-state index contributed by atoms with van der Waals surface area (Å²) in [5, 5.41) is 4.84. The third-order valence-electron chi connectivity index (χ3n) is 10.3. The average molecular weight is 655 g/mol. The Morgan fingerprint density at radius 2 is 1.02 bits per heavy atom. The molecule has 0 saturated carbocycles. The zero-order valence-electron chi connectivity index (χ0n) is 28.0. The minimum absolute atomic E-state index is 0.899. The van der Waals surface area contributed by atoms with Gasteiger partial charge in [0.25, 0.3) is 0 Å². The molecular weight excluding hydrogens is 621 g/mol. The predicted octanol–water partition coefficient (Wildman–Crippen LogP) is 13.2. The molecule has 2 heterocycles. The normalized spacial score (nSPS) is 13.2. The number of anilines is 2. The van der Waals surface area contributed by atoms with Gasteiger partial charge in [-0.3, -0.25) is 0 Å². The van der Waals surface area contributed by atoms with Gasteiger partial charge in [-0.15, -0.1) is 0 Å². The highest BCUT2D eigenvalue weighted by molar-refractivity contribution is 6.09. The van der Waals surface area contributed by atoms with Crippen molar-refractivity contribution in [1.29, 1.82) is 0 Å². The van der Waals surface area contributed by atoms with E-state index in [1.165, 1.54) is 55.5 Å². The van der Waals surface area contributed by atoms with Crippen LogP contribution in [0, 0.1) is 0 Å². The van der Waals surface area contributed by atoms with Gasteiger partial charge in [0.15, 0.2) is 0 Å². The lowest BCUT2D eigenvalue weighted by molar-refractivity contribution is 0.669. The zero-order valence-corrected chi connectivity index (χ0v) is 28.0. The number of fused-ring (bicyclic) bond motifs is 6. The van der Waals surface area contributed by atoms with Crippen LogP contribution >= 0.6 is 0 Å². The van der Waals surface area contributed by atoms with Crippen LogP contribution in [-0.2, 0) is 0 Å². The topological polar surface area (TPSA) is 21.3 Å². The van der Waals surface area contributed by atoms with Crippen LogP contribution in [0.3, 0.4) is 0 Å². The first-order valence-corrected chi connectivity index (χ1v) is 17.6. The highest BCUT2D eigenvalue weighted by atomic mass is 16.3. The number of rotatable bonds is 6. The molecule has 1 aliphatic rings. The minimum Gasteiger partial charge on any atom is -0.456 e. The first kappa shape index (κ1) is 29.3. The van der Waals surface area contributed by atoms with Crippen LogP contribution in [0.15, 0.2) is 192 Å². The molecule has 0 fully saturated rings. The molecule has 1 aliphatic carbocycles. The van der Waals surface area contributed by atoms with Crippen molar-refractivity contribution in [2.45, 2.75) is 12.8 Å². The molecule has 7 aromatic carbocycles. The fraction of sp³-hybridized carbons (Fsp3) is 0.0417. The molecule has 3 nitrogen and oxygen atoms in total. The lowest BCUT2D eigenvalue weighted by Gasteiger charge is -2.30. The van der Waals surface area contributed by atoms with Gasteiger partial charge in [0.2, 0.25) is 0 Å². The van der Waals surface area contributed by atoms with Crippen LogP contribution < -0.4 is 4.90 Å². The fourth-order valence-electron chi connectivity index (χ4n) is 7.85. The van der Waals surface area contributed by atoms with Gasteiger partial charge in [-0.1, -0.05) is 115 Å². The third kappa shape index (κ3) is 5.05. The molecular formula is C48H34N2O. The van der Waals surface area contributed by atoms with Gasteiger partial charge in [-0.25, -0.2) is 0 Å². The summed E-state index contributed by atoms with van der Waals surface area (Å²) in [6.07, 6.45) is 6.47. The quantitative estimate of drug-likeness (QED) is 0.178. The second-order valence-electron chi connectivity index (χ2n) is 13.3. The van der Waals surface area contributed by atoms with E-state index in [0.29, 0.717) is 0 Å². The number of aromatic nitrogens is 1. The second kappa shape index (κ2) is 12.1. The standard InChI is InChI=1S/C48H34N2O/c1-2-10-33(11-3-1)34-18-24-37(25-19-34)49(40-30-31-44-43-14-6-9-17-47(43)51-48(44)32-40)38-26-20-35(21-27-38)36-22-28-39(29-23-36)50-45-15-7-4-12-41(45)42-13-5-8-16-46(42)50/h1-20,22-26,28-32H,21,27H2. The molecule has 9 aromatic rings. The number of allylic oxidation sites excluding steroid dienone is 4. The van der Waals surface area contributed by atoms with Crippen molar-refractivity contribution in [3.8, 4) is 16.8 Å². The van der Waals surface area contributed by atoms with Crippen molar-refractivity contribution in [3.05, 3.63) is 193 Å². The Balaban J connectivity index is 1.02. The van der Waals surface area contributed by atoms with Crippen molar-refractivity contribution in [3.63, 3.8) is 0 Å². The summed E-state index contributed by atoms with van der Waals surface area (Å²) >= 11 is 0. The molecule has 242 valence electrons. The number of benzene rings is 7. The van der Waals surface area contributed by atoms with Gasteiger partial charge < -0.3 is 13.9 Å². The van der Waals surface area contributed by atoms with E-state index in [4.69, 9.17) is 4.42 Å². The number of para-hydroxylation sites is 3. The average Bonchev–Trinajstić information content (AvgIpc) is 3.74. The van der Waals surface area contributed by atoms with E-state index in [1.54, 1.807) is 0 Å². The van der Waals surface area contributed by atoms with Crippen LogP contribution in [-0.4, -0.2) is 4.57 Å². The van der Waals surface area contributed by atoms with Gasteiger partial charge >= 0.3 is 0 Å². The summed E-state index contributed by atoms with van der Waals surface area (Å²) in [7, 11) is 0. The van der Waals surface area contributed by atoms with Crippen LogP contribution in [0.2, 0.25) is 0 Å². The van der Waals surface area contributed by atoms with Gasteiger partial charge in [-0.05, 0) is 95.8 Å². The smallest absolute Gasteiger partial charge is 0.137 e. The maximum Gasteiger partial charge on any atom is 0.137 e. The highest BCUT2D eigenvalue weighted by Crippen LogP contribution is 2.40. The van der Waals surface area contributed by atoms with Gasteiger partial charge in [-0.2, -0.15) is 0 Å². The lowest BCUT2D eigenvalue weighted by atomic mass is 9.94. The van der Waals surface area contributed by atoms with E-state index >= 15 is 0 Å². The second-order valence-corrected chi connectivity index (χ2v) is 13.3. The lowest BCUT2D eigenvalue weighted by Crippen LogP contribution is -2.17. The molecule has 0 aliphatic heterocycles. The van der Waals surface area contributed by atoms with E-state index in [0.717, 1.165) is 46.2 Å². The van der Waals surface area contributed by atoms with Crippen molar-refractivity contribution >= 4 is 60.7 Å². The zero-order chi connectivity index (χ0) is 33.7. The number of hydrogen-bond acceptors (Lipinski definition) is 2. The van der Waals surface area contributed by atoms with Crippen molar-refractivity contribution in [2.24, 2.45) is 0 Å². The van der Waals surface area contributed by atoms with E-state index in [-0.39, 0.29) is 0 Å². The Morgan fingerprint density at radius 3 is 1.73 bits per heavy atom. The summed E-state index contributed by atoms with van der Waals surface area (Å²) in [5.41, 5.74) is 13.9. The molecule has 0 unspecified atom stereocenters. The van der Waals surface area contributed by atoms with E-state index < -0.39 is 0 Å². The van der Waals surface area contributed by atoms with Crippen molar-refractivity contribution in [2.75, 3.05) is 4.90 Å². The van der Waals surface area contributed by atoms with Crippen LogP contribution in [0.1, 0.15) is 18.4 Å². The monoisotopic (exact) mass is 654 g/mol.